The molecule has 2 atom stereocenters. The summed E-state index contributed by atoms with van der Waals surface area (Å²) in [7, 11) is -2.08. The Labute approximate surface area is 270 Å². The number of thioether (sulfide) groups is 1. The fraction of sp³-hybridized carbons (Fsp3) is 0.394. The van der Waals surface area contributed by atoms with Gasteiger partial charge in [-0.05, 0) is 56.2 Å². The summed E-state index contributed by atoms with van der Waals surface area (Å²) in [4.78, 5) is 29.9. The molecule has 2 amide bonds. The van der Waals surface area contributed by atoms with Crippen LogP contribution in [0.15, 0.2) is 76.5 Å². The Morgan fingerprint density at radius 3 is 2.51 bits per heavy atom. The number of carbonyl (C=O) groups excluding carboxylic acids is 2. The highest BCUT2D eigenvalue weighted by Crippen LogP contribution is 2.38. The van der Waals surface area contributed by atoms with Crippen LogP contribution in [0.2, 0.25) is 0 Å². The molecule has 12 heteroatoms. The molecule has 10 nitrogen and oxygen atoms in total. The number of anilines is 1. The van der Waals surface area contributed by atoms with E-state index in [9.17, 15) is 23.1 Å². The number of benzene rings is 3. The number of fused-ring (bicyclic) bond motifs is 1. The Morgan fingerprint density at radius 1 is 1.13 bits per heavy atom. The molecule has 0 spiro atoms. The third-order valence-corrected chi connectivity index (χ3v) is 10.1. The highest BCUT2D eigenvalue weighted by atomic mass is 32.2. The van der Waals surface area contributed by atoms with Gasteiger partial charge in [0.05, 0.1) is 30.3 Å². The Hall–Kier alpha value is -3.42. The number of carbonyl (C=O) groups is 2. The molecule has 1 aliphatic rings. The largest absolute Gasteiger partial charge is 0.497 e. The monoisotopic (exact) mass is 654 g/mol. The van der Waals surface area contributed by atoms with E-state index in [1.165, 1.54) is 11.8 Å². The van der Waals surface area contributed by atoms with Gasteiger partial charge in [-0.3, -0.25) is 9.59 Å². The Bertz CT molecular complexity index is 1610. The smallest absolute Gasteiger partial charge is 0.250 e. The molecule has 1 aliphatic heterocycles. The lowest BCUT2D eigenvalue weighted by Gasteiger charge is -2.29. The minimum absolute atomic E-state index is 0.126. The predicted octanol–water partition coefficient (Wildman–Crippen LogP) is 3.92. The number of rotatable bonds is 13. The highest BCUT2D eigenvalue weighted by Gasteiger charge is 2.33. The topological polar surface area (TPSA) is 137 Å². The first kappa shape index (κ1) is 34.5. The van der Waals surface area contributed by atoms with Crippen LogP contribution in [-0.2, 0) is 26.2 Å². The zero-order valence-electron chi connectivity index (χ0n) is 26.3. The minimum Gasteiger partial charge on any atom is -0.497 e. The van der Waals surface area contributed by atoms with Gasteiger partial charge in [0.15, 0.2) is 0 Å². The fourth-order valence-corrected chi connectivity index (χ4v) is 7.46. The van der Waals surface area contributed by atoms with E-state index in [-0.39, 0.29) is 36.2 Å². The van der Waals surface area contributed by atoms with Crippen molar-refractivity contribution < 1.29 is 27.9 Å². The molecule has 0 fully saturated rings. The van der Waals surface area contributed by atoms with E-state index in [0.29, 0.717) is 29.3 Å². The predicted molar refractivity (Wildman–Crippen MR) is 178 cm³/mol. The van der Waals surface area contributed by atoms with Gasteiger partial charge in [-0.25, -0.2) is 13.1 Å². The highest BCUT2D eigenvalue weighted by molar-refractivity contribution is 7.99. The van der Waals surface area contributed by atoms with Crippen LogP contribution in [0, 0.1) is 0 Å². The van der Waals surface area contributed by atoms with Gasteiger partial charge in [0.25, 0.3) is 5.91 Å². The molecule has 0 saturated carbocycles. The zero-order valence-corrected chi connectivity index (χ0v) is 27.9. The summed E-state index contributed by atoms with van der Waals surface area (Å²) >= 11 is 1.48. The van der Waals surface area contributed by atoms with Crippen molar-refractivity contribution in [2.75, 3.05) is 30.9 Å². The second kappa shape index (κ2) is 14.8. The first-order chi connectivity index (χ1) is 21.3. The number of amides is 2. The van der Waals surface area contributed by atoms with E-state index < -0.39 is 27.7 Å². The fourth-order valence-electron chi connectivity index (χ4n) is 5.09. The summed E-state index contributed by atoms with van der Waals surface area (Å²) in [5.41, 5.74) is 2.28. The Balaban J connectivity index is 1.59. The van der Waals surface area contributed by atoms with Gasteiger partial charge in [0.2, 0.25) is 15.9 Å². The van der Waals surface area contributed by atoms with Crippen LogP contribution in [0.4, 0.5) is 5.69 Å². The molecule has 0 bridgehead atoms. The molecule has 4 rings (SSSR count). The van der Waals surface area contributed by atoms with Crippen molar-refractivity contribution in [3.63, 3.8) is 0 Å². The lowest BCUT2D eigenvalue weighted by molar-refractivity contribution is -0.127. The standard InChI is InChI=1S/C33H42N4O6S2/c1-6-35-45(41,42)30-10-8-7-9-26(30)24-13-11-23(12-14-24)20-37-28-16-15-25(43-5)17-29(28)44-21-27(32(37)40)36-31(39)18-33(3,4)34-19-22(2)38/h7-17,22,27,34-35,38H,6,18-21H2,1-5H3,(H,36,39)/t22-,27-/m1/s1. The average molecular weight is 655 g/mol. The van der Waals surface area contributed by atoms with Crippen LogP contribution in [0.1, 0.15) is 39.7 Å². The molecule has 0 saturated heterocycles. The molecule has 45 heavy (non-hydrogen) atoms. The maximum atomic E-state index is 14.0. The molecular formula is C33H42N4O6S2. The molecule has 4 N–H and O–H groups in total. The van der Waals surface area contributed by atoms with Gasteiger partial charge in [-0.2, -0.15) is 0 Å². The average Bonchev–Trinajstić information content (AvgIpc) is 3.12. The number of nitrogens with zero attached hydrogens (tertiary/aromatic N) is 1. The van der Waals surface area contributed by atoms with E-state index in [0.717, 1.165) is 16.0 Å². The summed E-state index contributed by atoms with van der Waals surface area (Å²) in [6, 6.07) is 19.1. The number of β-amino-alcohol motifs (C(OH)–C–C–N with tert-alkyl or cyclic N) is 1. The number of methoxy groups -OCH3 is 1. The van der Waals surface area contributed by atoms with E-state index in [4.69, 9.17) is 4.74 Å². The second-order valence-electron chi connectivity index (χ2n) is 11.7. The van der Waals surface area contributed by atoms with Crippen molar-refractivity contribution >= 4 is 39.3 Å². The van der Waals surface area contributed by atoms with Crippen molar-refractivity contribution in [1.29, 1.82) is 0 Å². The third-order valence-electron chi connectivity index (χ3n) is 7.36. The quantitative estimate of drug-likeness (QED) is 0.218. The number of nitrogens with one attached hydrogen (secondary N) is 3. The van der Waals surface area contributed by atoms with Gasteiger partial charge in [0, 0.05) is 41.3 Å². The molecule has 1 heterocycles. The van der Waals surface area contributed by atoms with Crippen LogP contribution in [0.25, 0.3) is 11.1 Å². The number of aliphatic hydroxyl groups is 1. The number of hydrogen-bond acceptors (Lipinski definition) is 8. The van der Waals surface area contributed by atoms with Crippen molar-refractivity contribution in [2.24, 2.45) is 0 Å². The normalized spacial score (nSPS) is 16.1. The summed E-state index contributed by atoms with van der Waals surface area (Å²) in [5.74, 6) is 0.507. The van der Waals surface area contributed by atoms with Crippen LogP contribution in [0.3, 0.4) is 0 Å². The molecule has 3 aromatic carbocycles. The van der Waals surface area contributed by atoms with E-state index in [2.05, 4.69) is 15.4 Å². The summed E-state index contributed by atoms with van der Waals surface area (Å²) < 4.78 is 33.6. The van der Waals surface area contributed by atoms with Crippen molar-refractivity contribution in [3.05, 3.63) is 72.3 Å². The summed E-state index contributed by atoms with van der Waals surface area (Å²) in [6.45, 7) is 8.04. The first-order valence-corrected chi connectivity index (χ1v) is 17.3. The third kappa shape index (κ3) is 8.86. The van der Waals surface area contributed by atoms with E-state index >= 15 is 0 Å². The Kier molecular flexibility index (Phi) is 11.3. The Morgan fingerprint density at radius 2 is 1.84 bits per heavy atom. The number of sulfonamides is 1. The van der Waals surface area contributed by atoms with Crippen LogP contribution in [0.5, 0.6) is 5.75 Å². The second-order valence-corrected chi connectivity index (χ2v) is 14.5. The maximum absolute atomic E-state index is 14.0. The van der Waals surface area contributed by atoms with Crippen molar-refractivity contribution in [2.45, 2.75) is 68.1 Å². The van der Waals surface area contributed by atoms with Crippen molar-refractivity contribution in [1.82, 2.24) is 15.4 Å². The molecular weight excluding hydrogens is 613 g/mol. The van der Waals surface area contributed by atoms with Gasteiger partial charge in [0.1, 0.15) is 11.8 Å². The maximum Gasteiger partial charge on any atom is 0.250 e. The molecule has 0 radical (unpaired) electrons. The van der Waals surface area contributed by atoms with Gasteiger partial charge >= 0.3 is 0 Å². The number of hydrogen-bond donors (Lipinski definition) is 4. The van der Waals surface area contributed by atoms with E-state index in [1.54, 1.807) is 56.2 Å². The molecule has 242 valence electrons. The van der Waals surface area contributed by atoms with Gasteiger partial charge < -0.3 is 25.4 Å². The molecule has 0 unspecified atom stereocenters. The molecule has 0 aliphatic carbocycles. The van der Waals surface area contributed by atoms with Crippen LogP contribution in [-0.4, -0.2) is 69.0 Å². The zero-order chi connectivity index (χ0) is 32.8. The summed E-state index contributed by atoms with van der Waals surface area (Å²) in [6.07, 6.45) is -0.424. The van der Waals surface area contributed by atoms with Gasteiger partial charge in [-0.1, -0.05) is 49.4 Å². The van der Waals surface area contributed by atoms with Crippen molar-refractivity contribution in [3.8, 4) is 16.9 Å². The van der Waals surface area contributed by atoms with Gasteiger partial charge in [-0.15, -0.1) is 11.8 Å². The lowest BCUT2D eigenvalue weighted by Crippen LogP contribution is -2.52. The minimum atomic E-state index is -3.67. The van der Waals surface area contributed by atoms with Crippen LogP contribution >= 0.6 is 11.8 Å². The van der Waals surface area contributed by atoms with Crippen LogP contribution < -0.4 is 25.0 Å². The number of aliphatic hydroxyl groups excluding tert-OH is 1. The lowest BCUT2D eigenvalue weighted by atomic mass is 9.99. The van der Waals surface area contributed by atoms with E-state index in [1.807, 2.05) is 50.2 Å². The molecule has 3 aromatic rings. The molecule has 0 aromatic heterocycles. The summed E-state index contributed by atoms with van der Waals surface area (Å²) in [5, 5.41) is 15.8. The number of ether oxygens (including phenoxy) is 1. The SMILES string of the molecule is CCNS(=O)(=O)c1ccccc1-c1ccc(CN2C(=O)[C@H](NC(=O)CC(C)(C)NC[C@@H](C)O)CSc3cc(OC)ccc32)cc1. The first-order valence-electron chi connectivity index (χ1n) is 14.9.